The van der Waals surface area contributed by atoms with E-state index in [1.807, 2.05) is 32.0 Å². The summed E-state index contributed by atoms with van der Waals surface area (Å²) < 4.78 is 5.29. The Morgan fingerprint density at radius 2 is 1.70 bits per heavy atom. The van der Waals surface area contributed by atoms with Crippen molar-refractivity contribution in [3.05, 3.63) is 59.1 Å². The Kier molecular flexibility index (Phi) is 6.93. The van der Waals surface area contributed by atoms with Gasteiger partial charge in [0.05, 0.1) is 0 Å². The number of furan rings is 1. The molecule has 0 radical (unpaired) electrons. The Hall–Kier alpha value is -3.35. The molecule has 0 saturated heterocycles. The number of aryl methyl sites for hydroxylation is 3. The lowest BCUT2D eigenvalue weighted by Crippen LogP contribution is -2.41. The number of hydrogen-bond acceptors (Lipinski definition) is 4. The van der Waals surface area contributed by atoms with Gasteiger partial charge in [-0.3, -0.25) is 25.2 Å². The van der Waals surface area contributed by atoms with Gasteiger partial charge in [0.15, 0.2) is 0 Å². The van der Waals surface area contributed by atoms with Crippen LogP contribution in [-0.4, -0.2) is 17.7 Å². The average Bonchev–Trinajstić information content (AvgIpc) is 3.04. The van der Waals surface area contributed by atoms with Crippen molar-refractivity contribution < 1.29 is 18.8 Å². The van der Waals surface area contributed by atoms with Gasteiger partial charge in [0, 0.05) is 24.6 Å². The lowest BCUT2D eigenvalue weighted by atomic mass is 10.1. The highest BCUT2D eigenvalue weighted by Gasteiger charge is 2.09. The molecule has 2 rings (SSSR count). The molecule has 1 aromatic carbocycles. The number of hydrazine groups is 1. The summed E-state index contributed by atoms with van der Waals surface area (Å²) >= 11 is 0. The maximum absolute atomic E-state index is 12.0. The van der Waals surface area contributed by atoms with Crippen molar-refractivity contribution in [1.82, 2.24) is 10.9 Å². The Labute approximate surface area is 157 Å². The molecule has 7 heteroatoms. The molecule has 3 amide bonds. The molecule has 142 valence electrons. The molecule has 0 bridgehead atoms. The third-order valence-electron chi connectivity index (χ3n) is 3.72. The van der Waals surface area contributed by atoms with Crippen LogP contribution in [0.2, 0.25) is 0 Å². The van der Waals surface area contributed by atoms with Gasteiger partial charge in [-0.15, -0.1) is 0 Å². The van der Waals surface area contributed by atoms with Crippen LogP contribution < -0.4 is 16.2 Å². The smallest absolute Gasteiger partial charge is 0.262 e. The van der Waals surface area contributed by atoms with Crippen LogP contribution in [0, 0.1) is 20.8 Å². The fraction of sp³-hybridized carbons (Fsp3) is 0.250. The van der Waals surface area contributed by atoms with Crippen LogP contribution in [0.5, 0.6) is 0 Å². The molecule has 7 nitrogen and oxygen atoms in total. The van der Waals surface area contributed by atoms with Gasteiger partial charge in [0.25, 0.3) is 5.91 Å². The topological polar surface area (TPSA) is 100 Å². The van der Waals surface area contributed by atoms with Crippen molar-refractivity contribution >= 4 is 29.5 Å². The Bertz CT molecular complexity index is 868. The van der Waals surface area contributed by atoms with Crippen molar-refractivity contribution in [3.8, 4) is 0 Å². The number of rotatable bonds is 6. The number of nitrogens with one attached hydrogen (secondary N) is 3. The van der Waals surface area contributed by atoms with Crippen LogP contribution in [0.4, 0.5) is 5.69 Å². The first-order valence-corrected chi connectivity index (χ1v) is 8.54. The van der Waals surface area contributed by atoms with Crippen LogP contribution >= 0.6 is 0 Å². The zero-order valence-electron chi connectivity index (χ0n) is 15.6. The highest BCUT2D eigenvalue weighted by molar-refractivity contribution is 5.95. The van der Waals surface area contributed by atoms with Crippen LogP contribution in [0.3, 0.4) is 0 Å². The van der Waals surface area contributed by atoms with Crippen molar-refractivity contribution in [2.24, 2.45) is 0 Å². The summed E-state index contributed by atoms with van der Waals surface area (Å²) in [5, 5.41) is 2.77. The van der Waals surface area contributed by atoms with Crippen LogP contribution in [0.25, 0.3) is 6.08 Å². The van der Waals surface area contributed by atoms with Gasteiger partial charge in [0.2, 0.25) is 11.8 Å². The molecule has 0 spiro atoms. The average molecular weight is 369 g/mol. The summed E-state index contributed by atoms with van der Waals surface area (Å²) in [4.78, 5) is 35.3. The van der Waals surface area contributed by atoms with Gasteiger partial charge in [-0.25, -0.2) is 0 Å². The maximum Gasteiger partial charge on any atom is 0.262 e. The zero-order chi connectivity index (χ0) is 19.8. The minimum absolute atomic E-state index is 0.0104. The van der Waals surface area contributed by atoms with E-state index in [0.29, 0.717) is 5.76 Å². The van der Waals surface area contributed by atoms with Crippen molar-refractivity contribution in [2.45, 2.75) is 33.6 Å². The third-order valence-corrected chi connectivity index (χ3v) is 3.72. The molecular formula is C20H23N3O4. The van der Waals surface area contributed by atoms with Gasteiger partial charge in [-0.05, 0) is 50.6 Å². The molecule has 3 N–H and O–H groups in total. The molecule has 0 aliphatic carbocycles. The van der Waals surface area contributed by atoms with Gasteiger partial charge in [-0.2, -0.15) is 0 Å². The van der Waals surface area contributed by atoms with Crippen molar-refractivity contribution in [2.75, 3.05) is 5.32 Å². The molecular weight excluding hydrogens is 346 g/mol. The van der Waals surface area contributed by atoms with Gasteiger partial charge in [-0.1, -0.05) is 17.7 Å². The van der Waals surface area contributed by atoms with Crippen LogP contribution in [-0.2, 0) is 14.4 Å². The second-order valence-electron chi connectivity index (χ2n) is 6.19. The highest BCUT2D eigenvalue weighted by Crippen LogP contribution is 2.16. The van der Waals surface area contributed by atoms with E-state index in [2.05, 4.69) is 16.2 Å². The molecule has 2 aromatic rings. The number of amides is 3. The predicted octanol–water partition coefficient (Wildman–Crippen LogP) is 2.78. The quantitative estimate of drug-likeness (QED) is 0.538. The Morgan fingerprint density at radius 1 is 0.963 bits per heavy atom. The van der Waals surface area contributed by atoms with Gasteiger partial charge < -0.3 is 9.73 Å². The van der Waals surface area contributed by atoms with E-state index in [4.69, 9.17) is 4.42 Å². The molecule has 0 aliphatic rings. The lowest BCUT2D eigenvalue weighted by Gasteiger charge is -2.09. The van der Waals surface area contributed by atoms with Crippen molar-refractivity contribution in [3.63, 3.8) is 0 Å². The number of carbonyl (C=O) groups is 3. The summed E-state index contributed by atoms with van der Waals surface area (Å²) in [5.74, 6) is 0.0505. The first-order chi connectivity index (χ1) is 12.8. The van der Waals surface area contributed by atoms with E-state index in [1.54, 1.807) is 19.1 Å². The van der Waals surface area contributed by atoms with Gasteiger partial charge >= 0.3 is 0 Å². The Balaban J connectivity index is 1.70. The fourth-order valence-corrected chi connectivity index (χ4v) is 2.33. The van der Waals surface area contributed by atoms with E-state index >= 15 is 0 Å². The molecule has 0 saturated carbocycles. The van der Waals surface area contributed by atoms with E-state index < -0.39 is 11.8 Å². The summed E-state index contributed by atoms with van der Waals surface area (Å²) in [5.41, 5.74) is 7.30. The Morgan fingerprint density at radius 3 is 2.37 bits per heavy atom. The minimum Gasteiger partial charge on any atom is -0.462 e. The minimum atomic E-state index is -0.503. The van der Waals surface area contributed by atoms with Crippen LogP contribution in [0.15, 0.2) is 40.8 Å². The summed E-state index contributed by atoms with van der Waals surface area (Å²) in [6.45, 7) is 5.68. The molecule has 0 aliphatic heterocycles. The maximum atomic E-state index is 12.0. The first kappa shape index (κ1) is 20.0. The molecule has 0 fully saturated rings. The summed E-state index contributed by atoms with van der Waals surface area (Å²) in [7, 11) is 0. The molecule has 1 aromatic heterocycles. The predicted molar refractivity (Wildman–Crippen MR) is 103 cm³/mol. The monoisotopic (exact) mass is 369 g/mol. The van der Waals surface area contributed by atoms with E-state index in [-0.39, 0.29) is 18.7 Å². The standard InChI is InChI=1S/C20H23N3O4/c1-13-4-8-17(14(2)12-13)21-18(24)10-11-20(26)23-22-19(25)9-7-16-6-5-15(3)27-16/h4-9,12H,10-11H2,1-3H3,(H,21,24)(H,22,25)(H,23,26). The number of benzene rings is 1. The first-order valence-electron chi connectivity index (χ1n) is 8.54. The normalized spacial score (nSPS) is 10.6. The largest absolute Gasteiger partial charge is 0.462 e. The molecule has 0 unspecified atom stereocenters. The SMILES string of the molecule is Cc1ccc(NC(=O)CCC(=O)NNC(=O)C=Cc2ccc(C)o2)c(C)c1. The summed E-state index contributed by atoms with van der Waals surface area (Å²) in [6.07, 6.45) is 2.70. The third kappa shape index (κ3) is 6.81. The number of hydrogen-bond donors (Lipinski definition) is 3. The molecule has 0 atom stereocenters. The fourth-order valence-electron chi connectivity index (χ4n) is 2.33. The zero-order valence-corrected chi connectivity index (χ0v) is 15.6. The van der Waals surface area contributed by atoms with E-state index in [1.165, 1.54) is 12.2 Å². The second-order valence-corrected chi connectivity index (χ2v) is 6.19. The summed E-state index contributed by atoms with van der Waals surface area (Å²) in [6, 6.07) is 9.21. The number of anilines is 1. The highest BCUT2D eigenvalue weighted by atomic mass is 16.3. The second kappa shape index (κ2) is 9.38. The van der Waals surface area contributed by atoms with Gasteiger partial charge in [0.1, 0.15) is 11.5 Å². The molecule has 27 heavy (non-hydrogen) atoms. The van der Waals surface area contributed by atoms with Crippen LogP contribution in [0.1, 0.15) is 35.5 Å². The van der Waals surface area contributed by atoms with E-state index in [0.717, 1.165) is 22.6 Å². The van der Waals surface area contributed by atoms with Crippen molar-refractivity contribution in [1.29, 1.82) is 0 Å². The van der Waals surface area contributed by atoms with E-state index in [9.17, 15) is 14.4 Å². The number of carbonyl (C=O) groups excluding carboxylic acids is 3. The lowest BCUT2D eigenvalue weighted by molar-refractivity contribution is -0.128. The molecule has 1 heterocycles.